The molecule has 0 aliphatic carbocycles. The molecule has 2 aromatic rings. The summed E-state index contributed by atoms with van der Waals surface area (Å²) >= 11 is 0. The van der Waals surface area contributed by atoms with Crippen molar-refractivity contribution in [2.75, 3.05) is 0 Å². The Kier molecular flexibility index (Phi) is 3.97. The number of primary amides is 1. The summed E-state index contributed by atoms with van der Waals surface area (Å²) in [5.74, 6) is -0.464. The van der Waals surface area contributed by atoms with Crippen LogP contribution in [0, 0.1) is 0 Å². The summed E-state index contributed by atoms with van der Waals surface area (Å²) in [6.45, 7) is 0. The number of amides is 1. The SMILES string of the molecule is NC(=O)c1cnc2ccccn12.O=P(O)(O)O. The van der Waals surface area contributed by atoms with E-state index < -0.39 is 13.7 Å². The Hall–Kier alpha value is -1.73. The molecule has 8 nitrogen and oxygen atoms in total. The standard InChI is InChI=1S/C8H7N3O.H3O4P/c9-8(12)6-5-10-7-3-1-2-4-11(6)7;1-5(2,3)4/h1-5H,(H2,9,12);(H3,1,2,3,4). The lowest BCUT2D eigenvalue weighted by atomic mass is 10.4. The van der Waals surface area contributed by atoms with E-state index in [0.29, 0.717) is 5.69 Å². The van der Waals surface area contributed by atoms with E-state index in [1.807, 2.05) is 18.2 Å². The summed E-state index contributed by atoms with van der Waals surface area (Å²) in [5.41, 5.74) is 6.26. The molecule has 2 heterocycles. The maximum Gasteiger partial charge on any atom is 0.466 e. The van der Waals surface area contributed by atoms with Crippen molar-refractivity contribution >= 4 is 19.4 Å². The first-order valence-electron chi connectivity index (χ1n) is 4.29. The lowest BCUT2D eigenvalue weighted by molar-refractivity contribution is 0.0994. The number of aromatic nitrogens is 2. The van der Waals surface area contributed by atoms with Crippen LogP contribution in [0.25, 0.3) is 5.65 Å². The highest BCUT2D eigenvalue weighted by molar-refractivity contribution is 7.45. The number of fused-ring (bicyclic) bond motifs is 1. The molecule has 17 heavy (non-hydrogen) atoms. The van der Waals surface area contributed by atoms with Crippen LogP contribution in [0.15, 0.2) is 30.6 Å². The van der Waals surface area contributed by atoms with Gasteiger partial charge < -0.3 is 20.4 Å². The molecule has 9 heteroatoms. The quantitative estimate of drug-likeness (QED) is 0.509. The zero-order valence-corrected chi connectivity index (χ0v) is 9.36. The molecule has 92 valence electrons. The lowest BCUT2D eigenvalue weighted by Gasteiger charge is -1.94. The zero-order valence-electron chi connectivity index (χ0n) is 8.46. The molecule has 0 aliphatic rings. The van der Waals surface area contributed by atoms with Gasteiger partial charge in [-0.15, -0.1) is 0 Å². The van der Waals surface area contributed by atoms with Gasteiger partial charge in [-0.3, -0.25) is 9.20 Å². The Morgan fingerprint density at radius 1 is 1.35 bits per heavy atom. The summed E-state index contributed by atoms with van der Waals surface area (Å²) in [6.07, 6.45) is 3.22. The third-order valence-corrected chi connectivity index (χ3v) is 1.67. The number of rotatable bonds is 1. The van der Waals surface area contributed by atoms with E-state index in [1.165, 1.54) is 6.20 Å². The van der Waals surface area contributed by atoms with E-state index in [-0.39, 0.29) is 0 Å². The van der Waals surface area contributed by atoms with Gasteiger partial charge in [-0.05, 0) is 12.1 Å². The van der Waals surface area contributed by atoms with Crippen LogP contribution >= 0.6 is 7.82 Å². The first-order valence-corrected chi connectivity index (χ1v) is 5.86. The van der Waals surface area contributed by atoms with Crippen LogP contribution in [-0.2, 0) is 4.57 Å². The number of carbonyl (C=O) groups excluding carboxylic acids is 1. The molecule has 2 aromatic heterocycles. The van der Waals surface area contributed by atoms with Crippen LogP contribution in [0.3, 0.4) is 0 Å². The van der Waals surface area contributed by atoms with Gasteiger partial charge in [-0.1, -0.05) is 6.07 Å². The number of phosphoric acid groups is 1. The molecule has 0 radical (unpaired) electrons. The van der Waals surface area contributed by atoms with Crippen molar-refractivity contribution in [1.29, 1.82) is 0 Å². The Bertz CT molecular complexity index is 567. The number of nitrogens with two attached hydrogens (primary N) is 1. The third-order valence-electron chi connectivity index (χ3n) is 1.67. The van der Waals surface area contributed by atoms with Crippen molar-refractivity contribution in [2.24, 2.45) is 5.73 Å². The summed E-state index contributed by atoms with van der Waals surface area (Å²) in [7, 11) is -4.64. The van der Waals surface area contributed by atoms with E-state index in [2.05, 4.69) is 4.98 Å². The fourth-order valence-corrected chi connectivity index (χ4v) is 1.11. The minimum absolute atomic E-state index is 0.408. The molecule has 2 rings (SSSR count). The molecule has 0 atom stereocenters. The number of pyridine rings is 1. The Labute approximate surface area is 95.6 Å². The normalized spacial score (nSPS) is 10.8. The second-order valence-electron chi connectivity index (χ2n) is 2.95. The molecule has 0 aromatic carbocycles. The average Bonchev–Trinajstić information content (AvgIpc) is 2.58. The van der Waals surface area contributed by atoms with Crippen molar-refractivity contribution < 1.29 is 24.0 Å². The number of hydrogen-bond donors (Lipinski definition) is 4. The van der Waals surface area contributed by atoms with Gasteiger partial charge in [0.2, 0.25) is 0 Å². The Morgan fingerprint density at radius 2 is 1.94 bits per heavy atom. The van der Waals surface area contributed by atoms with Crippen LogP contribution in [0.2, 0.25) is 0 Å². The fourth-order valence-electron chi connectivity index (χ4n) is 1.11. The van der Waals surface area contributed by atoms with Gasteiger partial charge in [0.15, 0.2) is 0 Å². The highest BCUT2D eigenvalue weighted by Crippen LogP contribution is 2.25. The summed E-state index contributed by atoms with van der Waals surface area (Å²) in [6, 6.07) is 5.49. The van der Waals surface area contributed by atoms with Crippen LogP contribution in [0.4, 0.5) is 0 Å². The van der Waals surface area contributed by atoms with E-state index in [4.69, 9.17) is 25.0 Å². The smallest absolute Gasteiger partial charge is 0.364 e. The van der Waals surface area contributed by atoms with E-state index in [1.54, 1.807) is 10.6 Å². The number of nitrogens with zero attached hydrogens (tertiary/aromatic N) is 2. The molecule has 0 aliphatic heterocycles. The van der Waals surface area contributed by atoms with Crippen LogP contribution in [0.1, 0.15) is 10.5 Å². The molecule has 0 unspecified atom stereocenters. The minimum Gasteiger partial charge on any atom is -0.364 e. The third kappa shape index (κ3) is 4.33. The average molecular weight is 259 g/mol. The summed E-state index contributed by atoms with van der Waals surface area (Å²) in [4.78, 5) is 36.4. The van der Waals surface area contributed by atoms with E-state index >= 15 is 0 Å². The van der Waals surface area contributed by atoms with Crippen molar-refractivity contribution in [3.8, 4) is 0 Å². The van der Waals surface area contributed by atoms with Gasteiger partial charge in [0, 0.05) is 6.20 Å². The minimum atomic E-state index is -4.64. The van der Waals surface area contributed by atoms with Crippen molar-refractivity contribution in [1.82, 2.24) is 9.38 Å². The number of hydrogen-bond acceptors (Lipinski definition) is 3. The highest BCUT2D eigenvalue weighted by Gasteiger charge is 2.05. The molecule has 0 saturated carbocycles. The van der Waals surface area contributed by atoms with Gasteiger partial charge in [0.25, 0.3) is 5.91 Å². The van der Waals surface area contributed by atoms with Gasteiger partial charge >= 0.3 is 7.82 Å². The molecule has 0 bridgehead atoms. The molecule has 0 saturated heterocycles. The second-order valence-corrected chi connectivity index (χ2v) is 3.98. The maximum absolute atomic E-state index is 10.8. The monoisotopic (exact) mass is 259 g/mol. The number of carbonyl (C=O) groups is 1. The predicted molar refractivity (Wildman–Crippen MR) is 58.0 cm³/mol. The van der Waals surface area contributed by atoms with E-state index in [0.717, 1.165) is 5.65 Å². The van der Waals surface area contributed by atoms with Crippen molar-refractivity contribution in [3.63, 3.8) is 0 Å². The van der Waals surface area contributed by atoms with E-state index in [9.17, 15) is 4.79 Å². The molecular weight excluding hydrogens is 249 g/mol. The molecule has 0 spiro atoms. The topological polar surface area (TPSA) is 138 Å². The van der Waals surface area contributed by atoms with Gasteiger partial charge in [0.1, 0.15) is 11.3 Å². The summed E-state index contributed by atoms with van der Waals surface area (Å²) in [5, 5.41) is 0. The highest BCUT2D eigenvalue weighted by atomic mass is 31.2. The molecule has 0 fully saturated rings. The summed E-state index contributed by atoms with van der Waals surface area (Å²) < 4.78 is 10.5. The van der Waals surface area contributed by atoms with Crippen LogP contribution in [-0.4, -0.2) is 30.0 Å². The Morgan fingerprint density at radius 3 is 2.47 bits per heavy atom. The Balaban J connectivity index is 0.000000249. The predicted octanol–water partition coefficient (Wildman–Crippen LogP) is -0.495. The molecule has 1 amide bonds. The first kappa shape index (κ1) is 13.3. The first-order chi connectivity index (χ1) is 7.79. The fraction of sp³-hybridized carbons (Fsp3) is 0. The number of imidazole rings is 1. The maximum atomic E-state index is 10.8. The van der Waals surface area contributed by atoms with Gasteiger partial charge in [0.05, 0.1) is 6.20 Å². The lowest BCUT2D eigenvalue weighted by Crippen LogP contribution is -2.13. The van der Waals surface area contributed by atoms with Gasteiger partial charge in [-0.25, -0.2) is 9.55 Å². The van der Waals surface area contributed by atoms with Gasteiger partial charge in [-0.2, -0.15) is 0 Å². The van der Waals surface area contributed by atoms with Crippen molar-refractivity contribution in [2.45, 2.75) is 0 Å². The second kappa shape index (κ2) is 5.07. The zero-order chi connectivity index (χ0) is 13.1. The van der Waals surface area contributed by atoms with Crippen LogP contribution in [0.5, 0.6) is 0 Å². The largest absolute Gasteiger partial charge is 0.466 e. The van der Waals surface area contributed by atoms with Crippen LogP contribution < -0.4 is 5.73 Å². The molecular formula is C8H10N3O5P. The van der Waals surface area contributed by atoms with Crippen molar-refractivity contribution in [3.05, 3.63) is 36.3 Å². The molecule has 5 N–H and O–H groups in total.